The van der Waals surface area contributed by atoms with Crippen LogP contribution in [0.25, 0.3) is 0 Å². The molecule has 1 atom stereocenters. The van der Waals surface area contributed by atoms with Crippen LogP contribution in [0.4, 0.5) is 0 Å². The first-order valence-electron chi connectivity index (χ1n) is 6.33. The second kappa shape index (κ2) is 6.64. The van der Waals surface area contributed by atoms with Gasteiger partial charge in [-0.3, -0.25) is 0 Å². The lowest BCUT2D eigenvalue weighted by Crippen LogP contribution is -1.97. The Morgan fingerprint density at radius 2 is 1.85 bits per heavy atom. The first kappa shape index (κ1) is 14.7. The predicted octanol–water partition coefficient (Wildman–Crippen LogP) is 3.98. The molecule has 0 bridgehead atoms. The van der Waals surface area contributed by atoms with Crippen LogP contribution in [0.1, 0.15) is 24.2 Å². The second-order valence-corrected chi connectivity index (χ2v) is 4.91. The summed E-state index contributed by atoms with van der Waals surface area (Å²) in [6, 6.07) is 12.9. The van der Waals surface area contributed by atoms with Crippen molar-refractivity contribution in [2.24, 2.45) is 0 Å². The molecule has 0 aliphatic carbocycles. The Hall–Kier alpha value is -1.71. The third kappa shape index (κ3) is 3.65. The van der Waals surface area contributed by atoms with Crippen LogP contribution in [0.2, 0.25) is 5.02 Å². The van der Waals surface area contributed by atoms with Crippen molar-refractivity contribution >= 4 is 11.6 Å². The number of hydrogen-bond acceptors (Lipinski definition) is 3. The molecule has 0 unspecified atom stereocenters. The van der Waals surface area contributed by atoms with E-state index in [1.807, 2.05) is 24.3 Å². The molecule has 20 heavy (non-hydrogen) atoms. The number of ether oxygens (including phenoxy) is 2. The van der Waals surface area contributed by atoms with E-state index in [4.69, 9.17) is 21.1 Å². The van der Waals surface area contributed by atoms with E-state index in [1.165, 1.54) is 0 Å². The van der Waals surface area contributed by atoms with Crippen molar-refractivity contribution < 1.29 is 14.6 Å². The van der Waals surface area contributed by atoms with E-state index in [2.05, 4.69) is 0 Å². The lowest BCUT2D eigenvalue weighted by atomic mass is 10.1. The number of methoxy groups -OCH3 is 1. The standard InChI is InChI=1S/C16H17ClO3/c1-11(18)13-5-8-16(15(17)9-13)20-10-12-3-6-14(19-2)7-4-12/h3-9,11,18H,10H2,1-2H3/t11-/m1/s1. The molecular weight excluding hydrogens is 276 g/mol. The molecule has 106 valence electrons. The van der Waals surface area contributed by atoms with Crippen molar-refractivity contribution in [3.8, 4) is 11.5 Å². The zero-order valence-corrected chi connectivity index (χ0v) is 12.2. The molecule has 2 aromatic rings. The van der Waals surface area contributed by atoms with Gasteiger partial charge in [-0.05, 0) is 42.3 Å². The molecule has 1 N–H and O–H groups in total. The van der Waals surface area contributed by atoms with Crippen LogP contribution < -0.4 is 9.47 Å². The molecule has 0 aliphatic rings. The number of hydrogen-bond donors (Lipinski definition) is 1. The Morgan fingerprint density at radius 3 is 2.40 bits per heavy atom. The lowest BCUT2D eigenvalue weighted by molar-refractivity contribution is 0.199. The third-order valence-electron chi connectivity index (χ3n) is 2.99. The quantitative estimate of drug-likeness (QED) is 0.906. The Bertz CT molecular complexity index is 564. The van der Waals surface area contributed by atoms with Gasteiger partial charge in [-0.2, -0.15) is 0 Å². The molecule has 2 aromatic carbocycles. The van der Waals surface area contributed by atoms with E-state index in [0.29, 0.717) is 17.4 Å². The highest BCUT2D eigenvalue weighted by atomic mass is 35.5. The summed E-state index contributed by atoms with van der Waals surface area (Å²) in [4.78, 5) is 0. The first-order chi connectivity index (χ1) is 9.60. The molecule has 4 heteroatoms. The summed E-state index contributed by atoms with van der Waals surface area (Å²) >= 11 is 6.13. The van der Waals surface area contributed by atoms with Crippen molar-refractivity contribution in [2.75, 3.05) is 7.11 Å². The summed E-state index contributed by atoms with van der Waals surface area (Å²) in [5, 5.41) is 9.98. The molecule has 0 spiro atoms. The first-order valence-corrected chi connectivity index (χ1v) is 6.71. The van der Waals surface area contributed by atoms with Gasteiger partial charge < -0.3 is 14.6 Å². The zero-order chi connectivity index (χ0) is 14.5. The van der Waals surface area contributed by atoms with Gasteiger partial charge in [0, 0.05) is 0 Å². The molecule has 3 nitrogen and oxygen atoms in total. The van der Waals surface area contributed by atoms with Crippen LogP contribution in [-0.4, -0.2) is 12.2 Å². The van der Waals surface area contributed by atoms with Crippen molar-refractivity contribution in [1.82, 2.24) is 0 Å². The summed E-state index contributed by atoms with van der Waals surface area (Å²) < 4.78 is 10.8. The van der Waals surface area contributed by atoms with Gasteiger partial charge in [0.05, 0.1) is 18.2 Å². The zero-order valence-electron chi connectivity index (χ0n) is 11.5. The van der Waals surface area contributed by atoms with Gasteiger partial charge >= 0.3 is 0 Å². The highest BCUT2D eigenvalue weighted by Crippen LogP contribution is 2.28. The maximum absolute atomic E-state index is 9.49. The summed E-state index contributed by atoms with van der Waals surface area (Å²) in [6.07, 6.45) is -0.539. The molecule has 2 rings (SSSR count). The number of benzene rings is 2. The van der Waals surface area contributed by atoms with E-state index in [-0.39, 0.29) is 0 Å². The van der Waals surface area contributed by atoms with Crippen LogP contribution in [0, 0.1) is 0 Å². The van der Waals surface area contributed by atoms with Crippen LogP contribution in [0.5, 0.6) is 11.5 Å². The highest BCUT2D eigenvalue weighted by molar-refractivity contribution is 6.32. The van der Waals surface area contributed by atoms with Gasteiger partial charge in [0.15, 0.2) is 0 Å². The Kier molecular flexibility index (Phi) is 4.88. The molecule has 0 fully saturated rings. The van der Waals surface area contributed by atoms with E-state index in [9.17, 15) is 5.11 Å². The van der Waals surface area contributed by atoms with Crippen molar-refractivity contribution in [2.45, 2.75) is 19.6 Å². The minimum absolute atomic E-state index is 0.428. The van der Waals surface area contributed by atoms with E-state index >= 15 is 0 Å². The van der Waals surface area contributed by atoms with Crippen molar-refractivity contribution in [3.63, 3.8) is 0 Å². The number of halogens is 1. The summed E-state index contributed by atoms with van der Waals surface area (Å²) in [6.45, 7) is 2.13. The fraction of sp³-hybridized carbons (Fsp3) is 0.250. The molecule has 0 aromatic heterocycles. The second-order valence-electron chi connectivity index (χ2n) is 4.50. The number of rotatable bonds is 5. The summed E-state index contributed by atoms with van der Waals surface area (Å²) in [5.74, 6) is 1.42. The van der Waals surface area contributed by atoms with E-state index in [1.54, 1.807) is 32.2 Å². The topological polar surface area (TPSA) is 38.7 Å². The summed E-state index contributed by atoms with van der Waals surface area (Å²) in [7, 11) is 1.63. The normalized spacial score (nSPS) is 12.0. The van der Waals surface area contributed by atoms with Gasteiger partial charge in [0.25, 0.3) is 0 Å². The molecular formula is C16H17ClO3. The van der Waals surface area contributed by atoms with Crippen LogP contribution in [0.3, 0.4) is 0 Å². The Labute approximate surface area is 123 Å². The molecule has 0 heterocycles. The largest absolute Gasteiger partial charge is 0.497 e. The minimum Gasteiger partial charge on any atom is -0.497 e. The van der Waals surface area contributed by atoms with Gasteiger partial charge in [-0.1, -0.05) is 29.8 Å². The fourth-order valence-electron chi connectivity index (χ4n) is 1.78. The molecule has 0 aliphatic heterocycles. The predicted molar refractivity (Wildman–Crippen MR) is 79.4 cm³/mol. The lowest BCUT2D eigenvalue weighted by Gasteiger charge is -2.11. The average molecular weight is 293 g/mol. The number of aliphatic hydroxyl groups excluding tert-OH is 1. The monoisotopic (exact) mass is 292 g/mol. The Balaban J connectivity index is 2.03. The van der Waals surface area contributed by atoms with Gasteiger partial charge in [0.1, 0.15) is 18.1 Å². The molecule has 0 saturated carbocycles. The maximum atomic E-state index is 9.49. The van der Waals surface area contributed by atoms with Crippen LogP contribution in [0.15, 0.2) is 42.5 Å². The number of aliphatic hydroxyl groups is 1. The SMILES string of the molecule is COc1ccc(COc2ccc([C@@H](C)O)cc2Cl)cc1. The average Bonchev–Trinajstić information content (AvgIpc) is 2.46. The third-order valence-corrected chi connectivity index (χ3v) is 3.29. The molecule has 0 amide bonds. The van der Waals surface area contributed by atoms with Crippen LogP contribution >= 0.6 is 11.6 Å². The van der Waals surface area contributed by atoms with Crippen molar-refractivity contribution in [3.05, 3.63) is 58.6 Å². The summed E-state index contributed by atoms with van der Waals surface area (Å²) in [5.41, 5.74) is 1.80. The van der Waals surface area contributed by atoms with Gasteiger partial charge in [0.2, 0.25) is 0 Å². The van der Waals surface area contributed by atoms with E-state index < -0.39 is 6.10 Å². The van der Waals surface area contributed by atoms with Gasteiger partial charge in [-0.15, -0.1) is 0 Å². The van der Waals surface area contributed by atoms with Crippen LogP contribution in [-0.2, 0) is 6.61 Å². The fourth-order valence-corrected chi connectivity index (χ4v) is 2.02. The van der Waals surface area contributed by atoms with E-state index in [0.717, 1.165) is 16.9 Å². The Morgan fingerprint density at radius 1 is 1.15 bits per heavy atom. The molecule has 0 radical (unpaired) electrons. The van der Waals surface area contributed by atoms with Gasteiger partial charge in [-0.25, -0.2) is 0 Å². The van der Waals surface area contributed by atoms with Crippen molar-refractivity contribution in [1.29, 1.82) is 0 Å². The smallest absolute Gasteiger partial charge is 0.138 e. The highest BCUT2D eigenvalue weighted by Gasteiger charge is 2.07. The maximum Gasteiger partial charge on any atom is 0.138 e. The molecule has 0 saturated heterocycles. The minimum atomic E-state index is -0.539.